The number of benzene rings is 1. The first kappa shape index (κ1) is 23.7. The lowest BCUT2D eigenvalue weighted by Gasteiger charge is -2.40. The number of aromatic nitrogens is 3. The van der Waals surface area contributed by atoms with Gasteiger partial charge in [-0.25, -0.2) is 18.4 Å². The summed E-state index contributed by atoms with van der Waals surface area (Å²) in [6, 6.07) is 8.43. The predicted molar refractivity (Wildman–Crippen MR) is 139 cm³/mol. The van der Waals surface area contributed by atoms with E-state index in [0.717, 1.165) is 66.7 Å². The number of sulfone groups is 1. The number of ether oxygens (including phenoxy) is 2. The highest BCUT2D eigenvalue weighted by Crippen LogP contribution is 2.43. The standard InChI is InChI=1S/C26H33N5O4S/c27-25-24-23(19-3-1-4-21(13-19)35-16-22-5-2-8-34-22)15-31(26(24)29-17-28-25)20-11-18(12-20)14-30-6-9-36(32,33)10-7-30/h1,3-4,13,15,17-18,20,22H,2,5-12,14,16H2,(H2,27,28,29)/t18-,20-,22?. The summed E-state index contributed by atoms with van der Waals surface area (Å²) < 4.78 is 37.4. The average molecular weight is 512 g/mol. The van der Waals surface area contributed by atoms with E-state index >= 15 is 0 Å². The maximum atomic E-state index is 11.7. The van der Waals surface area contributed by atoms with Gasteiger partial charge in [-0.3, -0.25) is 0 Å². The van der Waals surface area contributed by atoms with Crippen LogP contribution in [0.4, 0.5) is 5.82 Å². The monoisotopic (exact) mass is 511 g/mol. The van der Waals surface area contributed by atoms with Crippen molar-refractivity contribution >= 4 is 26.7 Å². The van der Waals surface area contributed by atoms with Crippen molar-refractivity contribution in [2.24, 2.45) is 5.92 Å². The van der Waals surface area contributed by atoms with Gasteiger partial charge in [0.25, 0.3) is 0 Å². The summed E-state index contributed by atoms with van der Waals surface area (Å²) in [5, 5.41) is 0.874. The van der Waals surface area contributed by atoms with Gasteiger partial charge in [0.15, 0.2) is 9.84 Å². The van der Waals surface area contributed by atoms with Crippen molar-refractivity contribution in [2.45, 2.75) is 37.8 Å². The SMILES string of the molecule is Nc1ncnc2c1c(-c1cccc(OCC3CCCO3)c1)cn2[C@H]1C[C@H](CN2CCS(=O)(=O)CC2)C1. The van der Waals surface area contributed by atoms with E-state index in [9.17, 15) is 8.42 Å². The van der Waals surface area contributed by atoms with Crippen molar-refractivity contribution in [3.05, 3.63) is 36.8 Å². The first-order valence-corrected chi connectivity index (χ1v) is 14.7. The van der Waals surface area contributed by atoms with Crippen LogP contribution in [-0.2, 0) is 14.6 Å². The van der Waals surface area contributed by atoms with Crippen molar-refractivity contribution < 1.29 is 17.9 Å². The molecule has 10 heteroatoms. The molecule has 3 aromatic rings. The van der Waals surface area contributed by atoms with Crippen molar-refractivity contribution in [3.8, 4) is 16.9 Å². The van der Waals surface area contributed by atoms with Crippen LogP contribution in [0.2, 0.25) is 0 Å². The minimum absolute atomic E-state index is 0.167. The summed E-state index contributed by atoms with van der Waals surface area (Å²) in [5.74, 6) is 2.41. The molecule has 1 saturated carbocycles. The molecule has 0 amide bonds. The highest BCUT2D eigenvalue weighted by molar-refractivity contribution is 7.91. The molecule has 2 saturated heterocycles. The van der Waals surface area contributed by atoms with E-state index in [0.29, 0.717) is 37.5 Å². The minimum Gasteiger partial charge on any atom is -0.491 e. The Labute approximate surface area is 211 Å². The number of nitrogens with two attached hydrogens (primary N) is 1. The number of nitrogens with zero attached hydrogens (tertiary/aromatic N) is 4. The molecule has 1 aliphatic carbocycles. The molecule has 1 atom stereocenters. The molecule has 0 bridgehead atoms. The van der Waals surface area contributed by atoms with Gasteiger partial charge in [0, 0.05) is 44.0 Å². The molecule has 0 spiro atoms. The van der Waals surface area contributed by atoms with Gasteiger partial charge >= 0.3 is 0 Å². The summed E-state index contributed by atoms with van der Waals surface area (Å²) in [6.45, 7) is 3.63. The van der Waals surface area contributed by atoms with Gasteiger partial charge in [-0.1, -0.05) is 12.1 Å². The third-order valence-electron chi connectivity index (χ3n) is 7.80. The smallest absolute Gasteiger partial charge is 0.152 e. The fourth-order valence-electron chi connectivity index (χ4n) is 5.70. The molecule has 1 aromatic carbocycles. The molecule has 9 nitrogen and oxygen atoms in total. The molecule has 36 heavy (non-hydrogen) atoms. The molecule has 2 aliphatic heterocycles. The van der Waals surface area contributed by atoms with Crippen LogP contribution in [0.25, 0.3) is 22.2 Å². The van der Waals surface area contributed by atoms with E-state index in [1.165, 1.54) is 6.33 Å². The van der Waals surface area contributed by atoms with Gasteiger partial charge in [-0.15, -0.1) is 0 Å². The van der Waals surface area contributed by atoms with Crippen LogP contribution in [0.15, 0.2) is 36.8 Å². The third kappa shape index (κ3) is 4.81. The van der Waals surface area contributed by atoms with Crippen molar-refractivity contribution in [3.63, 3.8) is 0 Å². The van der Waals surface area contributed by atoms with Crippen molar-refractivity contribution in [1.82, 2.24) is 19.4 Å². The van der Waals surface area contributed by atoms with Gasteiger partial charge in [0.2, 0.25) is 0 Å². The minimum atomic E-state index is -2.84. The Hall–Kier alpha value is -2.69. The molecule has 0 radical (unpaired) electrons. The maximum Gasteiger partial charge on any atom is 0.152 e. The largest absolute Gasteiger partial charge is 0.491 e. The highest BCUT2D eigenvalue weighted by atomic mass is 32.2. The number of anilines is 1. The average Bonchev–Trinajstić information content (AvgIpc) is 3.50. The fraction of sp³-hybridized carbons (Fsp3) is 0.538. The lowest BCUT2D eigenvalue weighted by molar-refractivity contribution is 0.0680. The quantitative estimate of drug-likeness (QED) is 0.515. The van der Waals surface area contributed by atoms with Crippen LogP contribution in [0.5, 0.6) is 5.75 Å². The topological polar surface area (TPSA) is 113 Å². The zero-order valence-corrected chi connectivity index (χ0v) is 21.2. The molecule has 3 fully saturated rings. The second-order valence-corrected chi connectivity index (χ2v) is 12.6. The summed E-state index contributed by atoms with van der Waals surface area (Å²) in [5.41, 5.74) is 9.24. The van der Waals surface area contributed by atoms with Crippen LogP contribution in [0, 0.1) is 5.92 Å². The third-order valence-corrected chi connectivity index (χ3v) is 9.41. The van der Waals surface area contributed by atoms with Gasteiger partial charge < -0.3 is 24.7 Å². The Kier molecular flexibility index (Phi) is 6.35. The fourth-order valence-corrected chi connectivity index (χ4v) is 6.98. The molecule has 4 heterocycles. The Morgan fingerprint density at radius 1 is 1.17 bits per heavy atom. The normalized spacial score (nSPS) is 26.2. The van der Waals surface area contributed by atoms with Crippen molar-refractivity contribution in [2.75, 3.05) is 50.1 Å². The predicted octanol–water partition coefficient (Wildman–Crippen LogP) is 2.92. The van der Waals surface area contributed by atoms with Crippen LogP contribution >= 0.6 is 0 Å². The van der Waals surface area contributed by atoms with Crippen LogP contribution in [0.3, 0.4) is 0 Å². The van der Waals surface area contributed by atoms with Gasteiger partial charge in [-0.2, -0.15) is 0 Å². The summed E-state index contributed by atoms with van der Waals surface area (Å²) in [4.78, 5) is 11.2. The Balaban J connectivity index is 1.19. The lowest BCUT2D eigenvalue weighted by Crippen LogP contribution is -2.44. The van der Waals surface area contributed by atoms with Crippen LogP contribution in [0.1, 0.15) is 31.7 Å². The lowest BCUT2D eigenvalue weighted by atomic mass is 9.79. The van der Waals surface area contributed by atoms with E-state index in [2.05, 4.69) is 37.8 Å². The Bertz CT molecular complexity index is 1330. The summed E-state index contributed by atoms with van der Waals surface area (Å²) >= 11 is 0. The summed E-state index contributed by atoms with van der Waals surface area (Å²) in [7, 11) is -2.84. The first-order chi connectivity index (χ1) is 17.4. The van der Waals surface area contributed by atoms with E-state index in [1.807, 2.05) is 12.1 Å². The molecule has 1 unspecified atom stereocenters. The zero-order valence-electron chi connectivity index (χ0n) is 20.4. The number of fused-ring (bicyclic) bond motifs is 1. The molecule has 2 aromatic heterocycles. The van der Waals surface area contributed by atoms with Crippen LogP contribution in [-0.4, -0.2) is 78.3 Å². The van der Waals surface area contributed by atoms with E-state index in [4.69, 9.17) is 15.2 Å². The van der Waals surface area contributed by atoms with Crippen LogP contribution < -0.4 is 10.5 Å². The zero-order chi connectivity index (χ0) is 24.7. The molecule has 2 N–H and O–H groups in total. The van der Waals surface area contributed by atoms with Crippen molar-refractivity contribution in [1.29, 1.82) is 0 Å². The van der Waals surface area contributed by atoms with Gasteiger partial charge in [0.05, 0.1) is 23.0 Å². The number of hydrogen-bond donors (Lipinski definition) is 1. The maximum absolute atomic E-state index is 11.7. The molecule has 6 rings (SSSR count). The van der Waals surface area contributed by atoms with E-state index in [-0.39, 0.29) is 17.6 Å². The summed E-state index contributed by atoms with van der Waals surface area (Å²) in [6.07, 6.45) is 8.07. The van der Waals surface area contributed by atoms with Gasteiger partial charge in [-0.05, 0) is 49.3 Å². The second kappa shape index (κ2) is 9.64. The van der Waals surface area contributed by atoms with Gasteiger partial charge in [0.1, 0.15) is 30.1 Å². The highest BCUT2D eigenvalue weighted by Gasteiger charge is 2.34. The number of hydrogen-bond acceptors (Lipinski definition) is 8. The Morgan fingerprint density at radius 2 is 2.00 bits per heavy atom. The molecular formula is C26H33N5O4S. The van der Waals surface area contributed by atoms with E-state index in [1.54, 1.807) is 0 Å². The Morgan fingerprint density at radius 3 is 2.78 bits per heavy atom. The molecule has 3 aliphatic rings. The number of nitrogen functional groups attached to an aromatic ring is 1. The second-order valence-electron chi connectivity index (χ2n) is 10.3. The van der Waals surface area contributed by atoms with E-state index < -0.39 is 9.84 Å². The first-order valence-electron chi connectivity index (χ1n) is 12.8. The number of rotatable bonds is 7. The molecular weight excluding hydrogens is 478 g/mol. The molecule has 192 valence electrons.